The number of hydrogen-bond donors (Lipinski definition) is 2. The van der Waals surface area contributed by atoms with Gasteiger partial charge in [-0.15, -0.1) is 0 Å². The van der Waals surface area contributed by atoms with Crippen molar-refractivity contribution in [2.24, 2.45) is 5.73 Å². The van der Waals surface area contributed by atoms with Crippen LogP contribution in [0.1, 0.15) is 36.5 Å². The first-order valence-electron chi connectivity index (χ1n) is 6.91. The van der Waals surface area contributed by atoms with E-state index in [1.807, 2.05) is 18.7 Å². The number of aromatic nitrogens is 1. The number of oxazole rings is 1. The molecule has 1 fully saturated rings. The standard InChI is InChI=1S/C13H21N3O4/c1-3-9-11(12(17)18)15-13(20-9)16-6-5-8(14)10(7-16)19-4-2/h8,10H,3-7,14H2,1-2H3,(H,17,18). The molecule has 1 aromatic rings. The van der Waals surface area contributed by atoms with Crippen LogP contribution in [0.25, 0.3) is 0 Å². The first-order valence-corrected chi connectivity index (χ1v) is 6.91. The van der Waals surface area contributed by atoms with Gasteiger partial charge in [-0.3, -0.25) is 0 Å². The van der Waals surface area contributed by atoms with Gasteiger partial charge in [-0.25, -0.2) is 4.79 Å². The van der Waals surface area contributed by atoms with Crippen molar-refractivity contribution in [3.05, 3.63) is 11.5 Å². The number of rotatable bonds is 5. The summed E-state index contributed by atoms with van der Waals surface area (Å²) in [6, 6.07) is 0.335. The van der Waals surface area contributed by atoms with E-state index in [-0.39, 0.29) is 17.8 Å². The second-order valence-corrected chi connectivity index (χ2v) is 4.82. The van der Waals surface area contributed by atoms with Crippen molar-refractivity contribution in [2.45, 2.75) is 38.8 Å². The van der Waals surface area contributed by atoms with Crippen LogP contribution in [-0.4, -0.2) is 47.9 Å². The van der Waals surface area contributed by atoms with Crippen molar-refractivity contribution in [2.75, 3.05) is 24.6 Å². The molecular weight excluding hydrogens is 262 g/mol. The van der Waals surface area contributed by atoms with Gasteiger partial charge in [0.1, 0.15) is 5.76 Å². The van der Waals surface area contributed by atoms with Crippen molar-refractivity contribution >= 4 is 12.0 Å². The van der Waals surface area contributed by atoms with E-state index < -0.39 is 5.97 Å². The molecule has 20 heavy (non-hydrogen) atoms. The maximum atomic E-state index is 11.1. The van der Waals surface area contributed by atoms with Crippen LogP contribution in [0.3, 0.4) is 0 Å². The summed E-state index contributed by atoms with van der Waals surface area (Å²) in [4.78, 5) is 17.1. The van der Waals surface area contributed by atoms with Crippen LogP contribution in [0, 0.1) is 0 Å². The van der Waals surface area contributed by atoms with Gasteiger partial charge in [0.2, 0.25) is 0 Å². The van der Waals surface area contributed by atoms with Crippen LogP contribution in [-0.2, 0) is 11.2 Å². The molecule has 1 aliphatic heterocycles. The zero-order chi connectivity index (χ0) is 14.7. The minimum atomic E-state index is -1.06. The van der Waals surface area contributed by atoms with Crippen molar-refractivity contribution < 1.29 is 19.1 Å². The molecule has 2 unspecified atom stereocenters. The number of carbonyl (C=O) groups is 1. The first kappa shape index (κ1) is 14.8. The SMILES string of the molecule is CCOC1CN(c2nc(C(=O)O)c(CC)o2)CCC1N. The Hall–Kier alpha value is -1.60. The number of carboxylic acids is 1. The molecule has 1 saturated heterocycles. The van der Waals surface area contributed by atoms with E-state index in [2.05, 4.69) is 4.98 Å². The predicted octanol–water partition coefficient (Wildman–Crippen LogP) is 0.878. The molecule has 112 valence electrons. The van der Waals surface area contributed by atoms with Gasteiger partial charge in [-0.1, -0.05) is 6.92 Å². The third kappa shape index (κ3) is 2.94. The monoisotopic (exact) mass is 283 g/mol. The molecule has 2 atom stereocenters. The molecule has 0 aromatic carbocycles. The fourth-order valence-electron chi connectivity index (χ4n) is 2.38. The minimum absolute atomic E-state index is 0.00856. The number of carboxylic acid groups (broad SMARTS) is 1. The summed E-state index contributed by atoms with van der Waals surface area (Å²) < 4.78 is 11.2. The Morgan fingerprint density at radius 1 is 1.60 bits per heavy atom. The van der Waals surface area contributed by atoms with Crippen LogP contribution in [0.15, 0.2) is 4.42 Å². The van der Waals surface area contributed by atoms with Gasteiger partial charge in [0.25, 0.3) is 6.01 Å². The van der Waals surface area contributed by atoms with E-state index in [9.17, 15) is 4.79 Å². The molecule has 1 aliphatic rings. The number of piperidine rings is 1. The average molecular weight is 283 g/mol. The molecule has 0 bridgehead atoms. The molecule has 7 heteroatoms. The fraction of sp³-hybridized carbons (Fsp3) is 0.692. The number of hydrogen-bond acceptors (Lipinski definition) is 6. The fourth-order valence-corrected chi connectivity index (χ4v) is 2.38. The van der Waals surface area contributed by atoms with E-state index in [1.165, 1.54) is 0 Å². The van der Waals surface area contributed by atoms with E-state index >= 15 is 0 Å². The number of nitrogens with two attached hydrogens (primary N) is 1. The molecule has 0 spiro atoms. The average Bonchev–Trinajstić information content (AvgIpc) is 2.86. The van der Waals surface area contributed by atoms with Gasteiger partial charge in [-0.2, -0.15) is 4.98 Å². The summed E-state index contributed by atoms with van der Waals surface area (Å²) in [6.45, 7) is 5.62. The summed E-state index contributed by atoms with van der Waals surface area (Å²) >= 11 is 0. The van der Waals surface area contributed by atoms with Gasteiger partial charge in [0, 0.05) is 25.6 Å². The molecule has 0 amide bonds. The van der Waals surface area contributed by atoms with Crippen LogP contribution in [0.2, 0.25) is 0 Å². The Bertz CT molecular complexity index is 474. The lowest BCUT2D eigenvalue weighted by Crippen LogP contribution is -2.52. The second kappa shape index (κ2) is 6.23. The largest absolute Gasteiger partial charge is 0.476 e. The highest BCUT2D eigenvalue weighted by Crippen LogP contribution is 2.23. The summed E-state index contributed by atoms with van der Waals surface area (Å²) in [7, 11) is 0. The Kier molecular flexibility index (Phi) is 4.61. The first-order chi connectivity index (χ1) is 9.56. The van der Waals surface area contributed by atoms with Crippen LogP contribution >= 0.6 is 0 Å². The molecule has 3 N–H and O–H groups in total. The zero-order valence-corrected chi connectivity index (χ0v) is 11.8. The lowest BCUT2D eigenvalue weighted by Gasteiger charge is -2.35. The van der Waals surface area contributed by atoms with Crippen LogP contribution in [0.5, 0.6) is 0 Å². The van der Waals surface area contributed by atoms with E-state index in [1.54, 1.807) is 0 Å². The van der Waals surface area contributed by atoms with Crippen LogP contribution < -0.4 is 10.6 Å². The highest BCUT2D eigenvalue weighted by atomic mass is 16.5. The number of aromatic carboxylic acids is 1. The molecule has 2 heterocycles. The van der Waals surface area contributed by atoms with Gasteiger partial charge in [-0.05, 0) is 13.3 Å². The van der Waals surface area contributed by atoms with Crippen molar-refractivity contribution in [3.8, 4) is 0 Å². The molecule has 2 rings (SSSR count). The molecule has 0 aliphatic carbocycles. The lowest BCUT2D eigenvalue weighted by atomic mass is 10.0. The van der Waals surface area contributed by atoms with E-state index in [4.69, 9.17) is 20.0 Å². The quantitative estimate of drug-likeness (QED) is 0.826. The third-order valence-corrected chi connectivity index (χ3v) is 3.47. The smallest absolute Gasteiger partial charge is 0.358 e. The molecular formula is C13H21N3O4. The van der Waals surface area contributed by atoms with Crippen molar-refractivity contribution in [1.82, 2.24) is 4.98 Å². The molecule has 0 radical (unpaired) electrons. The predicted molar refractivity (Wildman–Crippen MR) is 73.1 cm³/mol. The number of aryl methyl sites for hydroxylation is 1. The summed E-state index contributed by atoms with van der Waals surface area (Å²) in [5.74, 6) is -0.665. The van der Waals surface area contributed by atoms with Gasteiger partial charge in [0.15, 0.2) is 5.69 Å². The highest BCUT2D eigenvalue weighted by molar-refractivity contribution is 5.86. The van der Waals surface area contributed by atoms with Gasteiger partial charge >= 0.3 is 5.97 Å². The van der Waals surface area contributed by atoms with Crippen LogP contribution in [0.4, 0.5) is 6.01 Å². The van der Waals surface area contributed by atoms with Crippen molar-refractivity contribution in [1.29, 1.82) is 0 Å². The Balaban J connectivity index is 2.17. The minimum Gasteiger partial charge on any atom is -0.476 e. The zero-order valence-electron chi connectivity index (χ0n) is 11.8. The molecule has 0 saturated carbocycles. The second-order valence-electron chi connectivity index (χ2n) is 4.82. The lowest BCUT2D eigenvalue weighted by molar-refractivity contribution is 0.0379. The summed E-state index contributed by atoms with van der Waals surface area (Å²) in [5.41, 5.74) is 6.01. The number of nitrogens with zero attached hydrogens (tertiary/aromatic N) is 2. The van der Waals surface area contributed by atoms with E-state index in [0.29, 0.717) is 37.9 Å². The molecule has 1 aromatic heterocycles. The topological polar surface area (TPSA) is 102 Å². The van der Waals surface area contributed by atoms with E-state index in [0.717, 1.165) is 6.42 Å². The Morgan fingerprint density at radius 3 is 2.90 bits per heavy atom. The summed E-state index contributed by atoms with van der Waals surface area (Å²) in [6.07, 6.45) is 1.17. The molecule has 7 nitrogen and oxygen atoms in total. The maximum Gasteiger partial charge on any atom is 0.358 e. The summed E-state index contributed by atoms with van der Waals surface area (Å²) in [5, 5.41) is 9.10. The van der Waals surface area contributed by atoms with Gasteiger partial charge in [0.05, 0.1) is 12.6 Å². The third-order valence-electron chi connectivity index (χ3n) is 3.47. The maximum absolute atomic E-state index is 11.1. The number of anilines is 1. The van der Waals surface area contributed by atoms with Gasteiger partial charge < -0.3 is 24.9 Å². The Labute approximate surface area is 117 Å². The highest BCUT2D eigenvalue weighted by Gasteiger charge is 2.30. The Morgan fingerprint density at radius 2 is 2.35 bits per heavy atom. The number of ether oxygens (including phenoxy) is 1. The normalized spacial score (nSPS) is 23.1. The van der Waals surface area contributed by atoms with Crippen molar-refractivity contribution in [3.63, 3.8) is 0 Å².